The summed E-state index contributed by atoms with van der Waals surface area (Å²) in [4.78, 5) is 4.93. The first kappa shape index (κ1) is 9.95. The SMILES string of the molecule is CN1CC2(CCN(CCCC#N)C2)C1. The van der Waals surface area contributed by atoms with E-state index in [9.17, 15) is 0 Å². The Labute approximate surface area is 86.3 Å². The zero-order valence-corrected chi connectivity index (χ0v) is 9.00. The first-order valence-corrected chi connectivity index (χ1v) is 5.52. The van der Waals surface area contributed by atoms with Crippen molar-refractivity contribution in [1.82, 2.24) is 9.80 Å². The molecule has 0 aliphatic carbocycles. The van der Waals surface area contributed by atoms with E-state index in [1.165, 1.54) is 32.6 Å². The van der Waals surface area contributed by atoms with E-state index in [-0.39, 0.29) is 0 Å². The zero-order chi connectivity index (χ0) is 10.0. The number of rotatable bonds is 3. The fourth-order valence-corrected chi connectivity index (χ4v) is 2.96. The average Bonchev–Trinajstić information content (AvgIpc) is 2.49. The summed E-state index contributed by atoms with van der Waals surface area (Å²) in [7, 11) is 2.20. The molecule has 0 unspecified atom stereocenters. The lowest BCUT2D eigenvalue weighted by Crippen LogP contribution is -2.55. The zero-order valence-electron chi connectivity index (χ0n) is 9.00. The summed E-state index contributed by atoms with van der Waals surface area (Å²) in [5, 5.41) is 8.46. The standard InChI is InChI=1S/C11H19N3/c1-13-8-11(9-13)4-7-14(10-11)6-3-2-5-12/h2-4,6-10H2,1H3. The molecule has 14 heavy (non-hydrogen) atoms. The molecule has 2 saturated heterocycles. The molecule has 1 spiro atoms. The molecule has 2 aliphatic rings. The molecule has 2 aliphatic heterocycles. The molecule has 2 heterocycles. The van der Waals surface area contributed by atoms with E-state index >= 15 is 0 Å². The minimum atomic E-state index is 0.626. The van der Waals surface area contributed by atoms with Crippen molar-refractivity contribution in [2.24, 2.45) is 5.41 Å². The predicted molar refractivity (Wildman–Crippen MR) is 55.8 cm³/mol. The first-order chi connectivity index (χ1) is 6.74. The molecule has 0 aromatic rings. The number of nitrogens with zero attached hydrogens (tertiary/aromatic N) is 3. The summed E-state index contributed by atoms with van der Waals surface area (Å²) in [6, 6.07) is 2.21. The third kappa shape index (κ3) is 1.92. The molecular weight excluding hydrogens is 174 g/mol. The number of hydrogen-bond donors (Lipinski definition) is 0. The van der Waals surface area contributed by atoms with Crippen LogP contribution in [0, 0.1) is 16.7 Å². The summed E-state index contributed by atoms with van der Waals surface area (Å²) in [5.41, 5.74) is 0.626. The Hall–Kier alpha value is -0.590. The van der Waals surface area contributed by atoms with Crippen molar-refractivity contribution in [1.29, 1.82) is 5.26 Å². The molecule has 0 radical (unpaired) electrons. The maximum absolute atomic E-state index is 8.46. The van der Waals surface area contributed by atoms with Crippen LogP contribution in [-0.2, 0) is 0 Å². The van der Waals surface area contributed by atoms with Crippen LogP contribution >= 0.6 is 0 Å². The van der Waals surface area contributed by atoms with Gasteiger partial charge in [-0.05, 0) is 33.0 Å². The van der Waals surface area contributed by atoms with Crippen molar-refractivity contribution in [3.63, 3.8) is 0 Å². The second-order valence-electron chi connectivity index (χ2n) is 4.96. The molecule has 2 rings (SSSR count). The van der Waals surface area contributed by atoms with E-state index in [1.54, 1.807) is 0 Å². The summed E-state index contributed by atoms with van der Waals surface area (Å²) in [6.45, 7) is 6.20. The summed E-state index contributed by atoms with van der Waals surface area (Å²) in [5.74, 6) is 0. The number of hydrogen-bond acceptors (Lipinski definition) is 3. The molecular formula is C11H19N3. The predicted octanol–water partition coefficient (Wildman–Crippen LogP) is 0.928. The molecule has 3 nitrogen and oxygen atoms in total. The normalized spacial score (nSPS) is 26.3. The monoisotopic (exact) mass is 193 g/mol. The van der Waals surface area contributed by atoms with Gasteiger partial charge >= 0.3 is 0 Å². The molecule has 0 atom stereocenters. The Morgan fingerprint density at radius 1 is 1.36 bits per heavy atom. The highest BCUT2D eigenvalue weighted by Gasteiger charge is 2.45. The Bertz CT molecular complexity index is 237. The van der Waals surface area contributed by atoms with Crippen LogP contribution < -0.4 is 0 Å². The van der Waals surface area contributed by atoms with Gasteiger partial charge in [0.2, 0.25) is 0 Å². The van der Waals surface area contributed by atoms with Gasteiger partial charge in [0.25, 0.3) is 0 Å². The van der Waals surface area contributed by atoms with E-state index < -0.39 is 0 Å². The van der Waals surface area contributed by atoms with Gasteiger partial charge in [0, 0.05) is 31.5 Å². The quantitative estimate of drug-likeness (QED) is 0.625. The van der Waals surface area contributed by atoms with Crippen LogP contribution in [0.4, 0.5) is 0 Å². The molecule has 78 valence electrons. The van der Waals surface area contributed by atoms with Gasteiger partial charge < -0.3 is 9.80 Å². The van der Waals surface area contributed by atoms with Crippen molar-refractivity contribution in [3.8, 4) is 6.07 Å². The Morgan fingerprint density at radius 2 is 2.14 bits per heavy atom. The van der Waals surface area contributed by atoms with Gasteiger partial charge in [-0.3, -0.25) is 0 Å². The van der Waals surface area contributed by atoms with Gasteiger partial charge in [0.1, 0.15) is 0 Å². The molecule has 2 fully saturated rings. The van der Waals surface area contributed by atoms with Gasteiger partial charge in [0.05, 0.1) is 6.07 Å². The first-order valence-electron chi connectivity index (χ1n) is 5.52. The second kappa shape index (κ2) is 3.88. The van der Waals surface area contributed by atoms with E-state index in [2.05, 4.69) is 22.9 Å². The minimum Gasteiger partial charge on any atom is -0.305 e. The molecule has 0 bridgehead atoms. The van der Waals surface area contributed by atoms with E-state index in [0.29, 0.717) is 11.8 Å². The lowest BCUT2D eigenvalue weighted by Gasteiger charge is -2.46. The average molecular weight is 193 g/mol. The largest absolute Gasteiger partial charge is 0.305 e. The van der Waals surface area contributed by atoms with Gasteiger partial charge in [0.15, 0.2) is 0 Å². The van der Waals surface area contributed by atoms with Crippen molar-refractivity contribution >= 4 is 0 Å². The lowest BCUT2D eigenvalue weighted by atomic mass is 9.79. The van der Waals surface area contributed by atoms with Crippen molar-refractivity contribution in [2.75, 3.05) is 39.8 Å². The third-order valence-corrected chi connectivity index (χ3v) is 3.49. The minimum absolute atomic E-state index is 0.626. The molecule has 3 heteroatoms. The van der Waals surface area contributed by atoms with Crippen LogP contribution in [-0.4, -0.2) is 49.6 Å². The van der Waals surface area contributed by atoms with Crippen LogP contribution in [0.2, 0.25) is 0 Å². The molecule has 0 aromatic heterocycles. The number of nitriles is 1. The molecule has 0 aromatic carbocycles. The van der Waals surface area contributed by atoms with E-state index in [1.807, 2.05) is 0 Å². The van der Waals surface area contributed by atoms with Crippen LogP contribution in [0.3, 0.4) is 0 Å². The smallest absolute Gasteiger partial charge is 0.0622 e. The fraction of sp³-hybridized carbons (Fsp3) is 0.909. The highest BCUT2D eigenvalue weighted by Crippen LogP contribution is 2.38. The number of likely N-dealkylation sites (tertiary alicyclic amines) is 2. The lowest BCUT2D eigenvalue weighted by molar-refractivity contribution is 0.0308. The highest BCUT2D eigenvalue weighted by atomic mass is 15.2. The Kier molecular flexibility index (Phi) is 2.76. The van der Waals surface area contributed by atoms with Crippen molar-refractivity contribution in [3.05, 3.63) is 0 Å². The van der Waals surface area contributed by atoms with E-state index in [0.717, 1.165) is 13.0 Å². The third-order valence-electron chi connectivity index (χ3n) is 3.49. The number of unbranched alkanes of at least 4 members (excludes halogenated alkanes) is 1. The maximum atomic E-state index is 8.46. The van der Waals surface area contributed by atoms with Gasteiger partial charge in [-0.25, -0.2) is 0 Å². The van der Waals surface area contributed by atoms with Crippen molar-refractivity contribution < 1.29 is 0 Å². The summed E-state index contributed by atoms with van der Waals surface area (Å²) < 4.78 is 0. The molecule has 0 amide bonds. The van der Waals surface area contributed by atoms with Gasteiger partial charge in [-0.2, -0.15) is 5.26 Å². The Morgan fingerprint density at radius 3 is 2.79 bits per heavy atom. The Balaban J connectivity index is 1.71. The van der Waals surface area contributed by atoms with Gasteiger partial charge in [-0.15, -0.1) is 0 Å². The fourth-order valence-electron chi connectivity index (χ4n) is 2.96. The van der Waals surface area contributed by atoms with Crippen LogP contribution in [0.5, 0.6) is 0 Å². The van der Waals surface area contributed by atoms with Crippen molar-refractivity contribution in [2.45, 2.75) is 19.3 Å². The topological polar surface area (TPSA) is 30.3 Å². The maximum Gasteiger partial charge on any atom is 0.0622 e. The summed E-state index contributed by atoms with van der Waals surface area (Å²) >= 11 is 0. The van der Waals surface area contributed by atoms with Crippen LogP contribution in [0.1, 0.15) is 19.3 Å². The highest BCUT2D eigenvalue weighted by molar-refractivity contribution is 5.00. The van der Waals surface area contributed by atoms with Gasteiger partial charge in [-0.1, -0.05) is 0 Å². The molecule has 0 saturated carbocycles. The summed E-state index contributed by atoms with van der Waals surface area (Å²) in [6.07, 6.45) is 3.12. The van der Waals surface area contributed by atoms with Crippen LogP contribution in [0.15, 0.2) is 0 Å². The van der Waals surface area contributed by atoms with E-state index in [4.69, 9.17) is 5.26 Å². The van der Waals surface area contributed by atoms with Crippen LogP contribution in [0.25, 0.3) is 0 Å². The second-order valence-corrected chi connectivity index (χ2v) is 4.96. The molecule has 0 N–H and O–H groups in total.